The summed E-state index contributed by atoms with van der Waals surface area (Å²) in [6.45, 7) is 7.53. The summed E-state index contributed by atoms with van der Waals surface area (Å²) < 4.78 is 0. The molecule has 0 aromatic heterocycles. The molecule has 1 spiro atoms. The van der Waals surface area contributed by atoms with Crippen LogP contribution in [-0.2, 0) is 0 Å². The summed E-state index contributed by atoms with van der Waals surface area (Å²) >= 11 is 0. The fourth-order valence-electron chi connectivity index (χ4n) is 2.93. The topological polar surface area (TPSA) is 15.3 Å². The second kappa shape index (κ2) is 3.58. The van der Waals surface area contributed by atoms with Crippen LogP contribution in [0.4, 0.5) is 0 Å². The molecule has 2 heterocycles. The van der Waals surface area contributed by atoms with E-state index in [-0.39, 0.29) is 0 Å². The maximum absolute atomic E-state index is 3.50. The summed E-state index contributed by atoms with van der Waals surface area (Å²) in [6, 6.07) is 0. The second-order valence-electron chi connectivity index (χ2n) is 5.02. The number of hydrogen-bond donors (Lipinski definition) is 1. The summed E-state index contributed by atoms with van der Waals surface area (Å²) in [6.07, 6.45) is 4.25. The molecule has 2 aliphatic heterocycles. The lowest BCUT2D eigenvalue weighted by molar-refractivity contribution is 0.0393. The van der Waals surface area contributed by atoms with E-state index in [0.29, 0.717) is 5.41 Å². The normalized spacial score (nSPS) is 35.1. The van der Waals surface area contributed by atoms with Crippen molar-refractivity contribution >= 4 is 0 Å². The van der Waals surface area contributed by atoms with Crippen molar-refractivity contribution in [3.8, 4) is 0 Å². The Morgan fingerprint density at radius 3 is 2.54 bits per heavy atom. The predicted octanol–water partition coefficient (Wildman–Crippen LogP) is 1.33. The van der Waals surface area contributed by atoms with E-state index < -0.39 is 0 Å². The maximum Gasteiger partial charge on any atom is -0.00164 e. The third-order valence-corrected chi connectivity index (χ3v) is 4.28. The molecule has 0 saturated carbocycles. The van der Waals surface area contributed by atoms with Crippen molar-refractivity contribution in [2.24, 2.45) is 11.3 Å². The van der Waals surface area contributed by atoms with Gasteiger partial charge in [0.15, 0.2) is 0 Å². The van der Waals surface area contributed by atoms with E-state index in [1.165, 1.54) is 45.4 Å². The van der Waals surface area contributed by atoms with E-state index in [2.05, 4.69) is 24.2 Å². The number of rotatable bonds is 0. The zero-order valence-corrected chi connectivity index (χ0v) is 8.97. The van der Waals surface area contributed by atoms with Crippen LogP contribution >= 0.6 is 0 Å². The van der Waals surface area contributed by atoms with E-state index in [4.69, 9.17) is 0 Å². The second-order valence-corrected chi connectivity index (χ2v) is 5.02. The standard InChI is InChI=1S/C11H22N2/c1-10-9-12-6-3-11(10)4-7-13(2)8-5-11/h10,12H,3-9H2,1-2H3. The Morgan fingerprint density at radius 2 is 1.92 bits per heavy atom. The summed E-state index contributed by atoms with van der Waals surface area (Å²) in [5.41, 5.74) is 0.692. The van der Waals surface area contributed by atoms with Crippen LogP contribution in [0.25, 0.3) is 0 Å². The van der Waals surface area contributed by atoms with Gasteiger partial charge in [-0.25, -0.2) is 0 Å². The monoisotopic (exact) mass is 182 g/mol. The van der Waals surface area contributed by atoms with Crippen LogP contribution in [0.2, 0.25) is 0 Å². The van der Waals surface area contributed by atoms with Gasteiger partial charge in [-0.05, 0) is 63.8 Å². The molecule has 2 aliphatic rings. The molecule has 0 aliphatic carbocycles. The van der Waals surface area contributed by atoms with Crippen molar-refractivity contribution < 1.29 is 0 Å². The van der Waals surface area contributed by atoms with Gasteiger partial charge in [0, 0.05) is 0 Å². The van der Waals surface area contributed by atoms with E-state index >= 15 is 0 Å². The first-order valence-corrected chi connectivity index (χ1v) is 5.62. The van der Waals surface area contributed by atoms with Gasteiger partial charge in [-0.2, -0.15) is 0 Å². The summed E-state index contributed by atoms with van der Waals surface area (Å²) in [4.78, 5) is 2.47. The van der Waals surface area contributed by atoms with E-state index in [9.17, 15) is 0 Å². The first kappa shape index (κ1) is 9.47. The molecule has 0 aromatic carbocycles. The third-order valence-electron chi connectivity index (χ3n) is 4.28. The molecular formula is C11H22N2. The molecular weight excluding hydrogens is 160 g/mol. The van der Waals surface area contributed by atoms with Crippen LogP contribution in [-0.4, -0.2) is 38.1 Å². The Balaban J connectivity index is 2.01. The number of nitrogens with zero attached hydrogens (tertiary/aromatic N) is 1. The number of hydrogen-bond acceptors (Lipinski definition) is 2. The van der Waals surface area contributed by atoms with Crippen molar-refractivity contribution in [1.29, 1.82) is 0 Å². The van der Waals surface area contributed by atoms with Crippen molar-refractivity contribution in [2.45, 2.75) is 26.2 Å². The molecule has 1 unspecified atom stereocenters. The molecule has 2 heteroatoms. The quantitative estimate of drug-likeness (QED) is 0.608. The van der Waals surface area contributed by atoms with Crippen LogP contribution in [0.1, 0.15) is 26.2 Å². The van der Waals surface area contributed by atoms with Gasteiger partial charge in [0.1, 0.15) is 0 Å². The molecule has 1 atom stereocenters. The Morgan fingerprint density at radius 1 is 1.23 bits per heavy atom. The number of nitrogens with one attached hydrogen (secondary N) is 1. The van der Waals surface area contributed by atoms with Crippen LogP contribution in [0.15, 0.2) is 0 Å². The minimum Gasteiger partial charge on any atom is -0.316 e. The van der Waals surface area contributed by atoms with Crippen LogP contribution < -0.4 is 5.32 Å². The largest absolute Gasteiger partial charge is 0.316 e. The van der Waals surface area contributed by atoms with Crippen molar-refractivity contribution in [3.05, 3.63) is 0 Å². The van der Waals surface area contributed by atoms with Gasteiger partial charge in [0.05, 0.1) is 0 Å². The van der Waals surface area contributed by atoms with Gasteiger partial charge in [0.25, 0.3) is 0 Å². The highest BCUT2D eigenvalue weighted by Crippen LogP contribution is 2.42. The van der Waals surface area contributed by atoms with Crippen LogP contribution in [0.5, 0.6) is 0 Å². The summed E-state index contributed by atoms with van der Waals surface area (Å²) in [7, 11) is 2.25. The highest BCUT2D eigenvalue weighted by atomic mass is 15.1. The van der Waals surface area contributed by atoms with Crippen LogP contribution in [0.3, 0.4) is 0 Å². The van der Waals surface area contributed by atoms with Crippen molar-refractivity contribution in [3.63, 3.8) is 0 Å². The Bertz CT molecular complexity index is 171. The molecule has 13 heavy (non-hydrogen) atoms. The lowest BCUT2D eigenvalue weighted by Gasteiger charge is -2.47. The number of piperidine rings is 2. The molecule has 0 bridgehead atoms. The minimum absolute atomic E-state index is 0.692. The molecule has 1 N–H and O–H groups in total. The third kappa shape index (κ3) is 1.75. The highest BCUT2D eigenvalue weighted by molar-refractivity contribution is 4.92. The van der Waals surface area contributed by atoms with Gasteiger partial charge in [0.2, 0.25) is 0 Å². The molecule has 0 radical (unpaired) electrons. The lowest BCUT2D eigenvalue weighted by atomic mass is 9.66. The van der Waals surface area contributed by atoms with Crippen LogP contribution in [0, 0.1) is 11.3 Å². The lowest BCUT2D eigenvalue weighted by Crippen LogP contribution is -2.49. The summed E-state index contributed by atoms with van der Waals surface area (Å²) in [5.74, 6) is 0.884. The Kier molecular flexibility index (Phi) is 2.61. The molecule has 2 rings (SSSR count). The maximum atomic E-state index is 3.50. The van der Waals surface area contributed by atoms with Gasteiger partial charge in [-0.15, -0.1) is 0 Å². The zero-order chi connectivity index (χ0) is 9.31. The van der Waals surface area contributed by atoms with E-state index in [0.717, 1.165) is 5.92 Å². The van der Waals surface area contributed by atoms with Crippen molar-refractivity contribution in [1.82, 2.24) is 10.2 Å². The molecule has 0 aromatic rings. The fraction of sp³-hybridized carbons (Fsp3) is 1.00. The average molecular weight is 182 g/mol. The first-order valence-electron chi connectivity index (χ1n) is 5.62. The van der Waals surface area contributed by atoms with Gasteiger partial charge in [-0.1, -0.05) is 6.92 Å². The Labute approximate surface area is 81.7 Å². The average Bonchev–Trinajstić information content (AvgIpc) is 2.15. The SMILES string of the molecule is CC1CNCCC12CCN(C)CC2. The minimum atomic E-state index is 0.692. The fourth-order valence-corrected chi connectivity index (χ4v) is 2.93. The molecule has 2 fully saturated rings. The Hall–Kier alpha value is -0.0800. The predicted molar refractivity (Wildman–Crippen MR) is 55.8 cm³/mol. The summed E-state index contributed by atoms with van der Waals surface area (Å²) in [5, 5.41) is 3.50. The van der Waals surface area contributed by atoms with Gasteiger partial charge in [-0.3, -0.25) is 0 Å². The smallest absolute Gasteiger partial charge is 0.00164 e. The van der Waals surface area contributed by atoms with Gasteiger partial charge < -0.3 is 10.2 Å². The highest BCUT2D eigenvalue weighted by Gasteiger charge is 2.39. The van der Waals surface area contributed by atoms with Gasteiger partial charge >= 0.3 is 0 Å². The van der Waals surface area contributed by atoms with E-state index in [1.807, 2.05) is 0 Å². The molecule has 76 valence electrons. The van der Waals surface area contributed by atoms with E-state index in [1.54, 1.807) is 0 Å². The number of likely N-dealkylation sites (tertiary alicyclic amines) is 1. The molecule has 2 nitrogen and oxygen atoms in total. The zero-order valence-electron chi connectivity index (χ0n) is 8.97. The molecule has 2 saturated heterocycles. The van der Waals surface area contributed by atoms with Crippen molar-refractivity contribution in [2.75, 3.05) is 33.2 Å². The molecule has 0 amide bonds. The first-order chi connectivity index (χ1) is 6.23.